The Kier molecular flexibility index (Phi) is 4.51. The van der Waals surface area contributed by atoms with Gasteiger partial charge in [-0.25, -0.2) is 9.69 Å². The van der Waals surface area contributed by atoms with Crippen LogP contribution >= 0.6 is 11.8 Å². The molecule has 5 amide bonds. The fraction of sp³-hybridized carbons (Fsp3) is 0.273. The van der Waals surface area contributed by atoms with Gasteiger partial charge >= 0.3 is 6.03 Å². The molecular formula is C22H20N4O4S. The number of primary amides is 1. The minimum atomic E-state index is -1.42. The lowest BCUT2D eigenvalue weighted by atomic mass is 9.69. The van der Waals surface area contributed by atoms with Crippen molar-refractivity contribution in [3.63, 3.8) is 0 Å². The highest BCUT2D eigenvalue weighted by Crippen LogP contribution is 2.47. The van der Waals surface area contributed by atoms with Gasteiger partial charge in [-0.2, -0.15) is 11.8 Å². The molecule has 2 fully saturated rings. The molecule has 158 valence electrons. The van der Waals surface area contributed by atoms with E-state index in [9.17, 15) is 19.2 Å². The van der Waals surface area contributed by atoms with Crippen LogP contribution in [-0.4, -0.2) is 47.8 Å². The van der Waals surface area contributed by atoms with Crippen molar-refractivity contribution in [2.45, 2.75) is 12.5 Å². The molecule has 3 aliphatic heterocycles. The zero-order valence-electron chi connectivity index (χ0n) is 16.5. The highest BCUT2D eigenvalue weighted by Gasteiger charge is 2.62. The van der Waals surface area contributed by atoms with Gasteiger partial charge in [0.05, 0.1) is 11.7 Å². The summed E-state index contributed by atoms with van der Waals surface area (Å²) in [5.41, 5.74) is 6.37. The number of imide groups is 2. The second-order valence-corrected chi connectivity index (χ2v) is 9.02. The Morgan fingerprint density at radius 3 is 2.58 bits per heavy atom. The number of benzene rings is 2. The fourth-order valence-corrected chi connectivity index (χ4v) is 5.95. The highest BCUT2D eigenvalue weighted by molar-refractivity contribution is 7.99. The number of hydrogen-bond acceptors (Lipinski definition) is 6. The third-order valence-corrected chi connectivity index (χ3v) is 7.31. The number of barbiturate groups is 1. The lowest BCUT2D eigenvalue weighted by molar-refractivity contribution is -0.144. The number of fused-ring (bicyclic) bond motifs is 4. The minimum absolute atomic E-state index is 0.221. The van der Waals surface area contributed by atoms with Crippen LogP contribution in [0.1, 0.15) is 15.9 Å². The van der Waals surface area contributed by atoms with Crippen molar-refractivity contribution in [3.8, 4) is 0 Å². The van der Waals surface area contributed by atoms with Crippen LogP contribution in [0.15, 0.2) is 48.5 Å². The van der Waals surface area contributed by atoms with E-state index in [1.807, 2.05) is 24.3 Å². The van der Waals surface area contributed by atoms with E-state index in [-0.39, 0.29) is 23.7 Å². The lowest BCUT2D eigenvalue weighted by Crippen LogP contribution is -2.73. The first-order valence-electron chi connectivity index (χ1n) is 9.95. The van der Waals surface area contributed by atoms with Gasteiger partial charge in [-0.1, -0.05) is 18.2 Å². The van der Waals surface area contributed by atoms with Crippen LogP contribution in [0.25, 0.3) is 0 Å². The van der Waals surface area contributed by atoms with Crippen molar-refractivity contribution in [3.05, 3.63) is 59.7 Å². The van der Waals surface area contributed by atoms with Gasteiger partial charge in [-0.15, -0.1) is 0 Å². The molecule has 2 saturated heterocycles. The van der Waals surface area contributed by atoms with E-state index >= 15 is 0 Å². The monoisotopic (exact) mass is 436 g/mol. The van der Waals surface area contributed by atoms with Crippen molar-refractivity contribution >= 4 is 46.9 Å². The number of nitrogens with zero attached hydrogens (tertiary/aromatic N) is 2. The molecule has 3 aliphatic rings. The number of carbonyl (C=O) groups is 4. The Bertz CT molecular complexity index is 1120. The summed E-state index contributed by atoms with van der Waals surface area (Å²) in [4.78, 5) is 54.5. The summed E-state index contributed by atoms with van der Waals surface area (Å²) in [5.74, 6) is -0.199. The van der Waals surface area contributed by atoms with Gasteiger partial charge in [0.25, 0.3) is 5.91 Å². The third kappa shape index (κ3) is 2.83. The second kappa shape index (κ2) is 7.12. The molecule has 0 aromatic heterocycles. The summed E-state index contributed by atoms with van der Waals surface area (Å²) >= 11 is 1.70. The molecule has 3 heterocycles. The maximum atomic E-state index is 13.9. The number of para-hydroxylation sites is 1. The van der Waals surface area contributed by atoms with Gasteiger partial charge in [0.2, 0.25) is 11.8 Å². The van der Waals surface area contributed by atoms with Gasteiger partial charge in [0, 0.05) is 29.3 Å². The number of hydrogen-bond donors (Lipinski definition) is 2. The molecule has 2 unspecified atom stereocenters. The summed E-state index contributed by atoms with van der Waals surface area (Å²) in [7, 11) is 0. The van der Waals surface area contributed by atoms with Crippen LogP contribution in [0, 0.1) is 5.41 Å². The largest absolute Gasteiger partial charge is 0.366 e. The van der Waals surface area contributed by atoms with Crippen LogP contribution in [0.2, 0.25) is 0 Å². The number of nitrogens with one attached hydrogen (secondary N) is 1. The molecule has 31 heavy (non-hydrogen) atoms. The standard InChI is InChI=1S/C22H20N4O4S/c23-18(27)13-5-7-15(8-6-13)26-20(29)22(19(28)24-21(26)30)11-14-3-1-2-4-16(14)25-9-10-31-12-17(22)25/h1-8,17H,9-12H2,(H2,23,27)(H,24,28,30). The van der Waals surface area contributed by atoms with E-state index in [0.29, 0.717) is 5.75 Å². The van der Waals surface area contributed by atoms with Crippen LogP contribution in [0.5, 0.6) is 0 Å². The van der Waals surface area contributed by atoms with E-state index in [4.69, 9.17) is 5.73 Å². The third-order valence-electron chi connectivity index (χ3n) is 6.29. The molecule has 2 atom stereocenters. The molecule has 3 N–H and O–H groups in total. The van der Waals surface area contributed by atoms with Gasteiger partial charge in [0.1, 0.15) is 0 Å². The minimum Gasteiger partial charge on any atom is -0.366 e. The molecule has 5 rings (SSSR count). The molecule has 8 nitrogen and oxygen atoms in total. The Balaban J connectivity index is 1.62. The number of urea groups is 1. The number of amides is 5. The summed E-state index contributed by atoms with van der Waals surface area (Å²) in [6, 6.07) is 12.5. The van der Waals surface area contributed by atoms with Crippen molar-refractivity contribution in [1.82, 2.24) is 5.32 Å². The summed E-state index contributed by atoms with van der Waals surface area (Å²) in [6.45, 7) is 0.718. The zero-order chi connectivity index (χ0) is 21.8. The van der Waals surface area contributed by atoms with E-state index in [0.717, 1.165) is 28.4 Å². The molecule has 0 aliphatic carbocycles. The van der Waals surface area contributed by atoms with Crippen LogP contribution < -0.4 is 20.9 Å². The molecule has 2 aromatic rings. The summed E-state index contributed by atoms with van der Waals surface area (Å²) < 4.78 is 0. The molecule has 2 aromatic carbocycles. The topological polar surface area (TPSA) is 113 Å². The molecule has 1 spiro atoms. The first-order chi connectivity index (χ1) is 14.9. The molecule has 0 radical (unpaired) electrons. The van der Waals surface area contributed by atoms with Gasteiger partial charge in [-0.3, -0.25) is 19.7 Å². The first kappa shape index (κ1) is 19.6. The van der Waals surface area contributed by atoms with Crippen molar-refractivity contribution < 1.29 is 19.2 Å². The highest BCUT2D eigenvalue weighted by atomic mass is 32.2. The molecular weight excluding hydrogens is 416 g/mol. The summed E-state index contributed by atoms with van der Waals surface area (Å²) in [5, 5.41) is 2.42. The predicted molar refractivity (Wildman–Crippen MR) is 117 cm³/mol. The Morgan fingerprint density at radius 2 is 1.84 bits per heavy atom. The quantitative estimate of drug-likeness (QED) is 0.691. The number of thioether (sulfide) groups is 1. The number of anilines is 2. The molecule has 0 saturated carbocycles. The predicted octanol–water partition coefficient (Wildman–Crippen LogP) is 1.53. The van der Waals surface area contributed by atoms with E-state index in [1.54, 1.807) is 11.8 Å². The second-order valence-electron chi connectivity index (χ2n) is 7.87. The van der Waals surface area contributed by atoms with Crippen molar-refractivity contribution in [1.29, 1.82) is 0 Å². The van der Waals surface area contributed by atoms with Gasteiger partial charge < -0.3 is 10.6 Å². The average molecular weight is 436 g/mol. The Morgan fingerprint density at radius 1 is 1.10 bits per heavy atom. The lowest BCUT2D eigenvalue weighted by Gasteiger charge is -2.53. The van der Waals surface area contributed by atoms with E-state index < -0.39 is 29.2 Å². The van der Waals surface area contributed by atoms with Gasteiger partial charge in [-0.05, 0) is 42.3 Å². The van der Waals surface area contributed by atoms with Crippen molar-refractivity contribution in [2.24, 2.45) is 11.1 Å². The van der Waals surface area contributed by atoms with Crippen LogP contribution in [0.3, 0.4) is 0 Å². The first-order valence-corrected chi connectivity index (χ1v) is 11.1. The van der Waals surface area contributed by atoms with Gasteiger partial charge in [0.15, 0.2) is 5.41 Å². The number of nitrogens with two attached hydrogens (primary N) is 1. The van der Waals surface area contributed by atoms with E-state index in [1.165, 1.54) is 24.3 Å². The fourth-order valence-electron chi connectivity index (χ4n) is 4.77. The maximum Gasteiger partial charge on any atom is 0.335 e. The number of carbonyl (C=O) groups excluding carboxylic acids is 4. The zero-order valence-corrected chi connectivity index (χ0v) is 17.4. The maximum absolute atomic E-state index is 13.9. The van der Waals surface area contributed by atoms with E-state index in [2.05, 4.69) is 10.2 Å². The van der Waals surface area contributed by atoms with Crippen molar-refractivity contribution in [2.75, 3.05) is 27.9 Å². The van der Waals surface area contributed by atoms with Crippen LogP contribution in [0.4, 0.5) is 16.2 Å². The Hall–Kier alpha value is -3.33. The molecule has 9 heteroatoms. The smallest absolute Gasteiger partial charge is 0.335 e. The Labute approximate surface area is 182 Å². The average Bonchev–Trinajstić information content (AvgIpc) is 2.78. The SMILES string of the molecule is NC(=O)c1ccc(N2C(=O)NC(=O)C3(Cc4ccccc4N4CCSCC43)C2=O)cc1. The number of rotatable bonds is 2. The summed E-state index contributed by atoms with van der Waals surface area (Å²) in [6.07, 6.45) is 0.221. The molecule has 0 bridgehead atoms. The normalized spacial score (nSPS) is 25.2. The van der Waals surface area contributed by atoms with Crippen LogP contribution in [-0.2, 0) is 16.0 Å².